The van der Waals surface area contributed by atoms with Crippen LogP contribution in [0.25, 0.3) is 0 Å². The largest absolute Gasteiger partial charge is 0.395 e. The molecule has 13 heavy (non-hydrogen) atoms. The number of hydrogen-bond donors (Lipinski definition) is 1. The minimum atomic E-state index is -2.88. The monoisotopic (exact) mass is 211 g/mol. The van der Waals surface area contributed by atoms with Gasteiger partial charge in [0.1, 0.15) is 0 Å². The molecule has 0 bridgehead atoms. The second kappa shape index (κ2) is 6.51. The Hall–Kier alpha value is 0.0700. The normalized spacial score (nSPS) is 12.4. The predicted molar refractivity (Wildman–Crippen MR) is 51.1 cm³/mol. The summed E-state index contributed by atoms with van der Waals surface area (Å²) in [6, 6.07) is 0. The molecule has 0 spiro atoms. The van der Waals surface area contributed by atoms with Crippen molar-refractivity contribution in [3.05, 3.63) is 0 Å². The van der Waals surface area contributed by atoms with Crippen molar-refractivity contribution in [1.82, 2.24) is 4.90 Å². The maximum Gasteiger partial charge on any atom is 0.331 e. The number of aliphatic hydroxyl groups excluding tert-OH is 1. The molecule has 0 rings (SSSR count). The van der Waals surface area contributed by atoms with Gasteiger partial charge in [0.15, 0.2) is 0 Å². The van der Waals surface area contributed by atoms with Crippen molar-refractivity contribution in [2.75, 3.05) is 47.1 Å². The Labute approximate surface area is 79.2 Å². The van der Waals surface area contributed by atoms with Crippen LogP contribution in [0.5, 0.6) is 0 Å². The van der Waals surface area contributed by atoms with E-state index >= 15 is 0 Å². The maximum atomic E-state index is 11.5. The van der Waals surface area contributed by atoms with Gasteiger partial charge in [-0.25, -0.2) is 0 Å². The molecule has 5 nitrogen and oxygen atoms in total. The van der Waals surface area contributed by atoms with Crippen molar-refractivity contribution in [3.63, 3.8) is 0 Å². The third-order valence-corrected chi connectivity index (χ3v) is 3.65. The average molecular weight is 211 g/mol. The van der Waals surface area contributed by atoms with Gasteiger partial charge < -0.3 is 19.1 Å². The van der Waals surface area contributed by atoms with Gasteiger partial charge in [-0.2, -0.15) is 0 Å². The standard InChI is InChI=1S/C7H18NO4P/c1-8(4-6-9)5-7-13(10,11-2)12-3/h9H,4-7H2,1-3H3. The predicted octanol–water partition coefficient (Wildman–Crippen LogP) is 0.396. The van der Waals surface area contributed by atoms with E-state index in [0.29, 0.717) is 19.3 Å². The topological polar surface area (TPSA) is 59.0 Å². The number of aliphatic hydroxyl groups is 1. The summed E-state index contributed by atoms with van der Waals surface area (Å²) in [4.78, 5) is 1.87. The van der Waals surface area contributed by atoms with Crippen molar-refractivity contribution in [2.24, 2.45) is 0 Å². The Morgan fingerprint density at radius 3 is 2.23 bits per heavy atom. The van der Waals surface area contributed by atoms with E-state index in [-0.39, 0.29) is 6.61 Å². The van der Waals surface area contributed by atoms with Gasteiger partial charge in [-0.05, 0) is 7.05 Å². The van der Waals surface area contributed by atoms with Crippen molar-refractivity contribution in [1.29, 1.82) is 0 Å². The lowest BCUT2D eigenvalue weighted by Gasteiger charge is -2.18. The van der Waals surface area contributed by atoms with Crippen molar-refractivity contribution >= 4 is 7.60 Å². The molecule has 0 aromatic carbocycles. The number of hydrogen-bond acceptors (Lipinski definition) is 5. The van der Waals surface area contributed by atoms with Crippen molar-refractivity contribution in [2.45, 2.75) is 0 Å². The Bertz CT molecular complexity index is 168. The van der Waals surface area contributed by atoms with Crippen LogP contribution in [0.15, 0.2) is 0 Å². The van der Waals surface area contributed by atoms with E-state index in [0.717, 1.165) is 0 Å². The molecule has 6 heteroatoms. The highest BCUT2D eigenvalue weighted by molar-refractivity contribution is 7.53. The van der Waals surface area contributed by atoms with Crippen LogP contribution in [0.3, 0.4) is 0 Å². The van der Waals surface area contributed by atoms with Gasteiger partial charge in [-0.15, -0.1) is 0 Å². The van der Waals surface area contributed by atoms with Crippen LogP contribution in [0.2, 0.25) is 0 Å². The smallest absolute Gasteiger partial charge is 0.331 e. The molecule has 0 saturated carbocycles. The fourth-order valence-electron chi connectivity index (χ4n) is 0.833. The van der Waals surface area contributed by atoms with E-state index in [4.69, 9.17) is 14.2 Å². The molecule has 0 atom stereocenters. The SMILES string of the molecule is COP(=O)(CCN(C)CCO)OC. The highest BCUT2D eigenvalue weighted by Crippen LogP contribution is 2.45. The first-order valence-corrected chi connectivity index (χ1v) is 5.80. The summed E-state index contributed by atoms with van der Waals surface area (Å²) in [5.74, 6) is 0. The summed E-state index contributed by atoms with van der Waals surface area (Å²) in [5.41, 5.74) is 0. The lowest BCUT2D eigenvalue weighted by molar-refractivity contribution is 0.221. The molecule has 0 aliphatic rings. The zero-order chi connectivity index (χ0) is 10.3. The van der Waals surface area contributed by atoms with Gasteiger partial charge in [0.05, 0.1) is 12.8 Å². The van der Waals surface area contributed by atoms with Gasteiger partial charge in [0, 0.05) is 27.3 Å². The first kappa shape index (κ1) is 13.1. The minimum Gasteiger partial charge on any atom is -0.395 e. The minimum absolute atomic E-state index is 0.0980. The molecule has 0 aliphatic carbocycles. The van der Waals surface area contributed by atoms with Crippen molar-refractivity contribution < 1.29 is 18.7 Å². The van der Waals surface area contributed by atoms with E-state index < -0.39 is 7.60 Å². The van der Waals surface area contributed by atoms with Gasteiger partial charge >= 0.3 is 7.60 Å². The van der Waals surface area contributed by atoms with Crippen LogP contribution in [-0.2, 0) is 13.6 Å². The third kappa shape index (κ3) is 5.39. The molecule has 0 heterocycles. The molecule has 0 aromatic rings. The van der Waals surface area contributed by atoms with E-state index in [2.05, 4.69) is 0 Å². The van der Waals surface area contributed by atoms with Crippen LogP contribution in [0.1, 0.15) is 0 Å². The second-order valence-electron chi connectivity index (χ2n) is 2.73. The van der Waals surface area contributed by atoms with E-state index in [9.17, 15) is 4.57 Å². The molecule has 0 amide bonds. The highest BCUT2D eigenvalue weighted by Gasteiger charge is 2.20. The van der Waals surface area contributed by atoms with E-state index in [1.54, 1.807) is 0 Å². The fourth-order valence-corrected chi connectivity index (χ4v) is 1.93. The zero-order valence-electron chi connectivity index (χ0n) is 8.39. The summed E-state index contributed by atoms with van der Waals surface area (Å²) in [6.07, 6.45) is 0.344. The summed E-state index contributed by atoms with van der Waals surface area (Å²) in [6.45, 7) is 1.24. The zero-order valence-corrected chi connectivity index (χ0v) is 9.29. The quantitative estimate of drug-likeness (QED) is 0.617. The first-order chi connectivity index (χ1) is 6.08. The summed E-state index contributed by atoms with van der Waals surface area (Å²) >= 11 is 0. The highest BCUT2D eigenvalue weighted by atomic mass is 31.2. The summed E-state index contributed by atoms with van der Waals surface area (Å²) in [5, 5.41) is 8.61. The Morgan fingerprint density at radius 1 is 1.31 bits per heavy atom. The molecule has 0 unspecified atom stereocenters. The summed E-state index contributed by atoms with van der Waals surface area (Å²) < 4.78 is 21.0. The van der Waals surface area contributed by atoms with Crippen LogP contribution in [0.4, 0.5) is 0 Å². The van der Waals surface area contributed by atoms with Gasteiger partial charge in [0.2, 0.25) is 0 Å². The van der Waals surface area contributed by atoms with Crippen molar-refractivity contribution in [3.8, 4) is 0 Å². The number of likely N-dealkylation sites (N-methyl/N-ethyl adjacent to an activating group) is 1. The Balaban J connectivity index is 3.78. The summed E-state index contributed by atoms with van der Waals surface area (Å²) in [7, 11) is 1.70. The molecule has 0 aliphatic heterocycles. The maximum absolute atomic E-state index is 11.5. The second-order valence-corrected chi connectivity index (χ2v) is 5.13. The molecule has 0 saturated heterocycles. The van der Waals surface area contributed by atoms with Gasteiger partial charge in [-0.3, -0.25) is 4.57 Å². The number of rotatable bonds is 7. The van der Waals surface area contributed by atoms with Crippen LogP contribution in [-0.4, -0.2) is 57.1 Å². The molecule has 1 N–H and O–H groups in total. The van der Waals surface area contributed by atoms with E-state index in [1.165, 1.54) is 14.2 Å². The van der Waals surface area contributed by atoms with Gasteiger partial charge in [-0.1, -0.05) is 0 Å². The molecule has 80 valence electrons. The molecular formula is C7H18NO4P. The number of nitrogens with zero attached hydrogens (tertiary/aromatic N) is 1. The van der Waals surface area contributed by atoms with Crippen LogP contribution >= 0.6 is 7.60 Å². The lowest BCUT2D eigenvalue weighted by atomic mass is 10.5. The third-order valence-electron chi connectivity index (χ3n) is 1.79. The molecule has 0 aromatic heterocycles. The lowest BCUT2D eigenvalue weighted by Crippen LogP contribution is -2.25. The van der Waals surface area contributed by atoms with Crippen LogP contribution < -0.4 is 0 Å². The fraction of sp³-hybridized carbons (Fsp3) is 1.00. The molecule has 0 fully saturated rings. The van der Waals surface area contributed by atoms with Crippen LogP contribution in [0, 0.1) is 0 Å². The molecular weight excluding hydrogens is 193 g/mol. The molecule has 0 radical (unpaired) electrons. The Kier molecular flexibility index (Phi) is 6.55. The van der Waals surface area contributed by atoms with E-state index in [1.807, 2.05) is 11.9 Å². The Morgan fingerprint density at radius 2 is 1.85 bits per heavy atom. The van der Waals surface area contributed by atoms with Gasteiger partial charge in [0.25, 0.3) is 0 Å². The average Bonchev–Trinajstić information content (AvgIpc) is 2.15. The first-order valence-electron chi connectivity index (χ1n) is 4.08.